The zero-order chi connectivity index (χ0) is 23.2. The van der Waals surface area contributed by atoms with Crippen molar-refractivity contribution in [3.05, 3.63) is 41.9 Å². The Kier molecular flexibility index (Phi) is 5.14. The average molecular weight is 459 g/mol. The highest BCUT2D eigenvalue weighted by Gasteiger charge is 2.39. The molecular formula is C21H20F3N7O2. The molecule has 0 aliphatic carbocycles. The molecule has 0 saturated carbocycles. The molecule has 2 aromatic heterocycles. The summed E-state index contributed by atoms with van der Waals surface area (Å²) in [5.41, 5.74) is 1.18. The van der Waals surface area contributed by atoms with Crippen LogP contribution in [0.2, 0.25) is 0 Å². The summed E-state index contributed by atoms with van der Waals surface area (Å²) in [6.07, 6.45) is -1.35. The highest BCUT2D eigenvalue weighted by molar-refractivity contribution is 6.10. The van der Waals surface area contributed by atoms with Gasteiger partial charge in [0.25, 0.3) is 5.91 Å². The van der Waals surface area contributed by atoms with Crippen LogP contribution < -0.4 is 15.1 Å². The number of hydrogen-bond donors (Lipinski definition) is 1. The molecule has 2 aliphatic heterocycles. The monoisotopic (exact) mass is 459 g/mol. The highest BCUT2D eigenvalue weighted by Crippen LogP contribution is 2.36. The van der Waals surface area contributed by atoms with E-state index in [2.05, 4.69) is 30.4 Å². The fourth-order valence-electron chi connectivity index (χ4n) is 4.21. The molecule has 1 unspecified atom stereocenters. The standard InChI is InChI=1S/C21H20F3N7O2/c1-2-25-20-26-10-15-16(27-20)30-8-4-7-14(30)11-31(18(15)32)13-6-3-5-12(9-13)17-28-29-19(33-17)21(22,23)24/h3,5-6,9-10,14H,2,4,7-8,11H2,1H3,(H,25,26,27). The van der Waals surface area contributed by atoms with Crippen LogP contribution in [-0.2, 0) is 6.18 Å². The largest absolute Gasteiger partial charge is 0.470 e. The summed E-state index contributed by atoms with van der Waals surface area (Å²) < 4.78 is 43.4. The smallest absolute Gasteiger partial charge is 0.413 e. The predicted octanol–water partition coefficient (Wildman–Crippen LogP) is 3.61. The molecule has 1 atom stereocenters. The number of carbonyl (C=O) groups excluding carboxylic acids is 1. The summed E-state index contributed by atoms with van der Waals surface area (Å²) in [6.45, 7) is 3.78. The Balaban J connectivity index is 1.53. The molecule has 9 nitrogen and oxygen atoms in total. The lowest BCUT2D eigenvalue weighted by molar-refractivity contribution is -0.156. The van der Waals surface area contributed by atoms with Crippen molar-refractivity contribution in [2.24, 2.45) is 0 Å². The second-order valence-corrected chi connectivity index (χ2v) is 7.83. The second-order valence-electron chi connectivity index (χ2n) is 7.83. The van der Waals surface area contributed by atoms with E-state index >= 15 is 0 Å². The van der Waals surface area contributed by atoms with E-state index in [0.717, 1.165) is 19.4 Å². The molecule has 1 saturated heterocycles. The number of halogens is 3. The summed E-state index contributed by atoms with van der Waals surface area (Å²) in [6, 6.07) is 6.55. The van der Waals surface area contributed by atoms with Gasteiger partial charge in [0.15, 0.2) is 0 Å². The molecule has 0 radical (unpaired) electrons. The quantitative estimate of drug-likeness (QED) is 0.632. The number of fused-ring (bicyclic) bond motifs is 3. The van der Waals surface area contributed by atoms with Gasteiger partial charge in [0, 0.05) is 43.1 Å². The van der Waals surface area contributed by atoms with Gasteiger partial charge in [0.1, 0.15) is 11.4 Å². The summed E-state index contributed by atoms with van der Waals surface area (Å²) >= 11 is 0. The van der Waals surface area contributed by atoms with Gasteiger partial charge in [-0.25, -0.2) is 4.98 Å². The van der Waals surface area contributed by atoms with Crippen LogP contribution in [0.4, 0.5) is 30.6 Å². The van der Waals surface area contributed by atoms with Crippen LogP contribution in [0.5, 0.6) is 0 Å². The lowest BCUT2D eigenvalue weighted by Crippen LogP contribution is -2.39. The Bertz CT molecular complexity index is 1200. The van der Waals surface area contributed by atoms with Gasteiger partial charge >= 0.3 is 12.1 Å². The van der Waals surface area contributed by atoms with Crippen LogP contribution in [0.15, 0.2) is 34.9 Å². The van der Waals surface area contributed by atoms with Crippen molar-refractivity contribution in [2.45, 2.75) is 32.0 Å². The van der Waals surface area contributed by atoms with Crippen LogP contribution in [0.1, 0.15) is 36.0 Å². The SMILES string of the molecule is CCNc1ncc2c(n1)N1CCCC1CN(c1cccc(-c3nnc(C(F)(F)F)o3)c1)C2=O. The third-order valence-electron chi connectivity index (χ3n) is 5.69. The summed E-state index contributed by atoms with van der Waals surface area (Å²) in [4.78, 5) is 26.1. The zero-order valence-electron chi connectivity index (χ0n) is 17.6. The van der Waals surface area contributed by atoms with E-state index in [-0.39, 0.29) is 23.4 Å². The highest BCUT2D eigenvalue weighted by atomic mass is 19.4. The number of alkyl halides is 3. The van der Waals surface area contributed by atoms with Gasteiger partial charge in [-0.05, 0) is 38.0 Å². The molecule has 1 fully saturated rings. The fraction of sp³-hybridized carbons (Fsp3) is 0.381. The van der Waals surface area contributed by atoms with Crippen molar-refractivity contribution in [3.8, 4) is 11.5 Å². The van der Waals surface area contributed by atoms with Crippen molar-refractivity contribution in [3.63, 3.8) is 0 Å². The number of hydrogen-bond acceptors (Lipinski definition) is 8. The number of benzene rings is 1. The molecule has 33 heavy (non-hydrogen) atoms. The molecule has 1 N–H and O–H groups in total. The van der Waals surface area contributed by atoms with Crippen molar-refractivity contribution in [1.82, 2.24) is 20.2 Å². The van der Waals surface area contributed by atoms with Crippen molar-refractivity contribution < 1.29 is 22.4 Å². The molecule has 1 amide bonds. The van der Waals surface area contributed by atoms with Crippen LogP contribution in [0, 0.1) is 0 Å². The third kappa shape index (κ3) is 3.85. The fourth-order valence-corrected chi connectivity index (χ4v) is 4.21. The van der Waals surface area contributed by atoms with Crippen LogP contribution in [-0.4, -0.2) is 51.7 Å². The minimum absolute atomic E-state index is 0.0588. The van der Waals surface area contributed by atoms with Crippen molar-refractivity contribution in [2.75, 3.05) is 34.8 Å². The van der Waals surface area contributed by atoms with Crippen molar-refractivity contribution in [1.29, 1.82) is 0 Å². The molecular weight excluding hydrogens is 439 g/mol. The van der Waals surface area contributed by atoms with Gasteiger partial charge in [-0.15, -0.1) is 10.2 Å². The zero-order valence-corrected chi connectivity index (χ0v) is 17.6. The molecule has 3 aromatic rings. The van der Waals surface area contributed by atoms with Gasteiger partial charge in [-0.2, -0.15) is 18.2 Å². The van der Waals surface area contributed by atoms with Gasteiger partial charge in [0.05, 0.1) is 0 Å². The first kappa shape index (κ1) is 21.2. The first-order valence-corrected chi connectivity index (χ1v) is 10.6. The molecule has 5 rings (SSSR count). The Hall–Kier alpha value is -3.70. The van der Waals surface area contributed by atoms with E-state index in [1.165, 1.54) is 6.20 Å². The molecule has 0 spiro atoms. The van der Waals surface area contributed by atoms with E-state index in [4.69, 9.17) is 4.42 Å². The second kappa shape index (κ2) is 8.01. The van der Waals surface area contributed by atoms with E-state index in [9.17, 15) is 18.0 Å². The van der Waals surface area contributed by atoms with Gasteiger partial charge in [-0.3, -0.25) is 4.79 Å². The lowest BCUT2D eigenvalue weighted by atomic mass is 10.1. The molecule has 2 aliphatic rings. The summed E-state index contributed by atoms with van der Waals surface area (Å²) in [5, 5.41) is 9.68. The normalized spacial score (nSPS) is 18.2. The first-order valence-electron chi connectivity index (χ1n) is 10.6. The van der Waals surface area contributed by atoms with E-state index in [1.54, 1.807) is 29.2 Å². The first-order chi connectivity index (χ1) is 15.8. The average Bonchev–Trinajstić information content (AvgIpc) is 3.45. The predicted molar refractivity (Wildman–Crippen MR) is 113 cm³/mol. The number of amides is 1. The number of aromatic nitrogens is 4. The number of nitrogens with zero attached hydrogens (tertiary/aromatic N) is 6. The molecule has 4 heterocycles. The maximum absolute atomic E-state index is 13.5. The van der Waals surface area contributed by atoms with E-state index < -0.39 is 12.1 Å². The van der Waals surface area contributed by atoms with E-state index in [0.29, 0.717) is 36.1 Å². The minimum atomic E-state index is -4.73. The molecule has 0 bridgehead atoms. The Labute approximate surface area is 186 Å². The van der Waals surface area contributed by atoms with Gasteiger partial charge in [-0.1, -0.05) is 6.07 Å². The maximum Gasteiger partial charge on any atom is 0.470 e. The van der Waals surface area contributed by atoms with Gasteiger partial charge < -0.3 is 19.5 Å². The maximum atomic E-state index is 13.5. The van der Waals surface area contributed by atoms with E-state index in [1.807, 2.05) is 6.92 Å². The third-order valence-corrected chi connectivity index (χ3v) is 5.69. The Morgan fingerprint density at radius 3 is 2.88 bits per heavy atom. The molecule has 172 valence electrons. The number of carbonyl (C=O) groups is 1. The molecule has 1 aromatic carbocycles. The van der Waals surface area contributed by atoms with Gasteiger partial charge in [0.2, 0.25) is 11.8 Å². The molecule has 12 heteroatoms. The summed E-state index contributed by atoms with van der Waals surface area (Å²) in [7, 11) is 0. The minimum Gasteiger partial charge on any atom is -0.413 e. The Morgan fingerprint density at radius 1 is 1.27 bits per heavy atom. The number of anilines is 3. The number of nitrogens with one attached hydrogen (secondary N) is 1. The van der Waals surface area contributed by atoms with Crippen molar-refractivity contribution >= 4 is 23.4 Å². The van der Waals surface area contributed by atoms with Crippen LogP contribution >= 0.6 is 0 Å². The topological polar surface area (TPSA) is 100 Å². The van der Waals surface area contributed by atoms with Crippen LogP contribution in [0.3, 0.4) is 0 Å². The van der Waals surface area contributed by atoms with Crippen LogP contribution in [0.25, 0.3) is 11.5 Å². The number of rotatable bonds is 4. The lowest BCUT2D eigenvalue weighted by Gasteiger charge is -2.27. The summed E-state index contributed by atoms with van der Waals surface area (Å²) in [5.74, 6) is -0.909. The Morgan fingerprint density at radius 2 is 2.12 bits per heavy atom.